The molecule has 0 radical (unpaired) electrons. The molecule has 3 aromatic carbocycles. The lowest BCUT2D eigenvalue weighted by molar-refractivity contribution is -0.140. The van der Waals surface area contributed by atoms with Crippen molar-refractivity contribution in [2.75, 3.05) is 18.0 Å². The molecule has 0 saturated heterocycles. The summed E-state index contributed by atoms with van der Waals surface area (Å²) in [6, 6.07) is 18.7. The lowest BCUT2D eigenvalue weighted by atomic mass is 9.95. The molecule has 11 heteroatoms. The molecule has 0 heterocycles. The summed E-state index contributed by atoms with van der Waals surface area (Å²) in [4.78, 5) is 29.4. The van der Waals surface area contributed by atoms with Crippen molar-refractivity contribution in [3.8, 4) is 5.75 Å². The number of nitrogens with one attached hydrogen (secondary N) is 1. The normalized spacial score (nSPS) is 14.5. The number of amides is 2. The summed E-state index contributed by atoms with van der Waals surface area (Å²) in [5.41, 5.74) is 0.836. The number of sulfonamides is 1. The molecule has 1 aliphatic rings. The second kappa shape index (κ2) is 14.9. The Bertz CT molecular complexity index is 1510. The van der Waals surface area contributed by atoms with Gasteiger partial charge in [0.1, 0.15) is 18.3 Å². The van der Waals surface area contributed by atoms with E-state index < -0.39 is 28.5 Å². The van der Waals surface area contributed by atoms with Gasteiger partial charge in [0, 0.05) is 17.6 Å². The monoisotopic (exact) mass is 645 g/mol. The van der Waals surface area contributed by atoms with Crippen LogP contribution in [0, 0.1) is 0 Å². The van der Waals surface area contributed by atoms with E-state index in [1.54, 1.807) is 43.5 Å². The second-order valence-electron chi connectivity index (χ2n) is 10.6. The molecular weight excluding hydrogens is 609 g/mol. The van der Waals surface area contributed by atoms with Crippen molar-refractivity contribution >= 4 is 50.7 Å². The van der Waals surface area contributed by atoms with Crippen molar-refractivity contribution in [3.63, 3.8) is 0 Å². The second-order valence-corrected chi connectivity index (χ2v) is 13.3. The van der Waals surface area contributed by atoms with Crippen LogP contribution in [0.25, 0.3) is 0 Å². The number of benzene rings is 3. The number of hydrogen-bond donors (Lipinski definition) is 1. The predicted octanol–water partition coefficient (Wildman–Crippen LogP) is 6.45. The highest BCUT2D eigenvalue weighted by molar-refractivity contribution is 7.92. The van der Waals surface area contributed by atoms with Crippen LogP contribution in [0.4, 0.5) is 5.69 Å². The number of hydrogen-bond acceptors (Lipinski definition) is 5. The third-order valence-corrected chi connectivity index (χ3v) is 9.92. The molecular formula is C32H37Cl2N3O5S. The maximum absolute atomic E-state index is 14.3. The molecule has 0 aliphatic heterocycles. The van der Waals surface area contributed by atoms with Crippen molar-refractivity contribution in [2.45, 2.75) is 69.0 Å². The molecule has 0 aromatic heterocycles. The van der Waals surface area contributed by atoms with E-state index in [-0.39, 0.29) is 34.1 Å². The summed E-state index contributed by atoms with van der Waals surface area (Å²) in [7, 11) is -2.69. The summed E-state index contributed by atoms with van der Waals surface area (Å²) in [5, 5.41) is 3.54. The standard InChI is InChI=1S/C32H37Cl2N3O5S/c1-3-29(32(39)35-25-12-6-4-7-13-25)36(21-23-11-10-14-26(19-23)42-2)31(38)22-37(30-18-17-24(33)20-28(30)34)43(40,41)27-15-8-5-9-16-27/h5,8-11,14-20,25,29H,3-4,6-7,12-13,21-22H2,1-2H3,(H,35,39). The van der Waals surface area contributed by atoms with Crippen LogP contribution >= 0.6 is 23.2 Å². The van der Waals surface area contributed by atoms with Crippen molar-refractivity contribution in [1.29, 1.82) is 0 Å². The van der Waals surface area contributed by atoms with E-state index in [2.05, 4.69) is 5.32 Å². The number of halogens is 2. The number of anilines is 1. The summed E-state index contributed by atoms with van der Waals surface area (Å²) >= 11 is 12.6. The molecule has 2 amide bonds. The average molecular weight is 647 g/mol. The van der Waals surface area contributed by atoms with Crippen LogP contribution in [-0.4, -0.2) is 50.9 Å². The van der Waals surface area contributed by atoms with Crippen molar-refractivity contribution in [2.24, 2.45) is 0 Å². The zero-order chi connectivity index (χ0) is 31.0. The molecule has 0 spiro atoms. The van der Waals surface area contributed by atoms with Gasteiger partial charge < -0.3 is 15.0 Å². The number of methoxy groups -OCH3 is 1. The van der Waals surface area contributed by atoms with E-state index in [0.29, 0.717) is 17.2 Å². The van der Waals surface area contributed by atoms with E-state index in [1.165, 1.54) is 35.2 Å². The van der Waals surface area contributed by atoms with Crippen LogP contribution < -0.4 is 14.4 Å². The molecule has 1 N–H and O–H groups in total. The van der Waals surface area contributed by atoms with E-state index in [0.717, 1.165) is 42.0 Å². The summed E-state index contributed by atoms with van der Waals surface area (Å²) in [6.07, 6.45) is 5.35. The lowest BCUT2D eigenvalue weighted by Crippen LogP contribution is -2.54. The van der Waals surface area contributed by atoms with Gasteiger partial charge in [-0.05, 0) is 67.3 Å². The van der Waals surface area contributed by atoms with E-state index in [1.807, 2.05) is 13.0 Å². The Labute approximate surface area is 264 Å². The van der Waals surface area contributed by atoms with Gasteiger partial charge in [0.25, 0.3) is 10.0 Å². The molecule has 1 saturated carbocycles. The molecule has 230 valence electrons. The fourth-order valence-corrected chi connectivity index (χ4v) is 7.36. The fraction of sp³-hybridized carbons (Fsp3) is 0.375. The molecule has 4 rings (SSSR count). The smallest absolute Gasteiger partial charge is 0.264 e. The van der Waals surface area contributed by atoms with Crippen LogP contribution in [-0.2, 0) is 26.2 Å². The van der Waals surface area contributed by atoms with Crippen molar-refractivity contribution < 1.29 is 22.7 Å². The van der Waals surface area contributed by atoms with Crippen LogP contribution in [0.15, 0.2) is 77.7 Å². The summed E-state index contributed by atoms with van der Waals surface area (Å²) in [6.45, 7) is 1.32. The summed E-state index contributed by atoms with van der Waals surface area (Å²) in [5.74, 6) is -0.211. The number of nitrogens with zero attached hydrogens (tertiary/aromatic N) is 2. The van der Waals surface area contributed by atoms with Gasteiger partial charge in [-0.25, -0.2) is 8.42 Å². The van der Waals surface area contributed by atoms with Crippen molar-refractivity contribution in [1.82, 2.24) is 10.2 Å². The highest BCUT2D eigenvalue weighted by Crippen LogP contribution is 2.33. The van der Waals surface area contributed by atoms with Crippen LogP contribution in [0.5, 0.6) is 5.75 Å². The van der Waals surface area contributed by atoms with E-state index in [4.69, 9.17) is 27.9 Å². The highest BCUT2D eigenvalue weighted by atomic mass is 35.5. The fourth-order valence-electron chi connectivity index (χ4n) is 5.35. The van der Waals surface area contributed by atoms with Gasteiger partial charge in [-0.15, -0.1) is 0 Å². The zero-order valence-electron chi connectivity index (χ0n) is 24.3. The van der Waals surface area contributed by atoms with E-state index in [9.17, 15) is 18.0 Å². The van der Waals surface area contributed by atoms with Crippen LogP contribution in [0.2, 0.25) is 10.0 Å². The molecule has 1 aliphatic carbocycles. The molecule has 1 unspecified atom stereocenters. The Hall–Kier alpha value is -3.27. The predicted molar refractivity (Wildman–Crippen MR) is 170 cm³/mol. The molecule has 0 bridgehead atoms. The lowest BCUT2D eigenvalue weighted by Gasteiger charge is -2.34. The molecule has 1 fully saturated rings. The minimum atomic E-state index is -4.24. The third-order valence-electron chi connectivity index (χ3n) is 7.61. The first-order valence-electron chi connectivity index (χ1n) is 14.4. The van der Waals surface area contributed by atoms with Gasteiger partial charge in [0.15, 0.2) is 0 Å². The van der Waals surface area contributed by atoms with Crippen molar-refractivity contribution in [3.05, 3.63) is 88.4 Å². The Morgan fingerprint density at radius 2 is 1.70 bits per heavy atom. The maximum atomic E-state index is 14.3. The first kappa shape index (κ1) is 32.6. The minimum absolute atomic E-state index is 0.00440. The Kier molecular flexibility index (Phi) is 11.3. The van der Waals surface area contributed by atoms with Crippen LogP contribution in [0.1, 0.15) is 51.0 Å². The van der Waals surface area contributed by atoms with E-state index >= 15 is 0 Å². The average Bonchev–Trinajstić information content (AvgIpc) is 3.01. The Morgan fingerprint density at radius 3 is 2.35 bits per heavy atom. The molecule has 43 heavy (non-hydrogen) atoms. The number of carbonyl (C=O) groups is 2. The molecule has 8 nitrogen and oxygen atoms in total. The molecule has 1 atom stereocenters. The van der Waals surface area contributed by atoms with Gasteiger partial charge in [-0.2, -0.15) is 0 Å². The van der Waals surface area contributed by atoms with Gasteiger partial charge in [0.05, 0.1) is 22.7 Å². The third kappa shape index (κ3) is 8.22. The SMILES string of the molecule is CCC(C(=O)NC1CCCCC1)N(Cc1cccc(OC)c1)C(=O)CN(c1ccc(Cl)cc1Cl)S(=O)(=O)c1ccccc1. The quantitative estimate of drug-likeness (QED) is 0.244. The molecule has 3 aromatic rings. The minimum Gasteiger partial charge on any atom is -0.497 e. The zero-order valence-corrected chi connectivity index (χ0v) is 26.7. The number of rotatable bonds is 12. The van der Waals surface area contributed by atoms with Gasteiger partial charge in [-0.3, -0.25) is 13.9 Å². The largest absolute Gasteiger partial charge is 0.497 e. The van der Waals surface area contributed by atoms with Gasteiger partial charge in [0.2, 0.25) is 11.8 Å². The van der Waals surface area contributed by atoms with Gasteiger partial charge in [-0.1, -0.05) is 79.7 Å². The summed E-state index contributed by atoms with van der Waals surface area (Å²) < 4.78 is 34.3. The Balaban J connectivity index is 1.73. The Morgan fingerprint density at radius 1 is 0.977 bits per heavy atom. The highest BCUT2D eigenvalue weighted by Gasteiger charge is 2.35. The topological polar surface area (TPSA) is 96.0 Å². The maximum Gasteiger partial charge on any atom is 0.264 e. The first-order valence-corrected chi connectivity index (χ1v) is 16.6. The van der Waals surface area contributed by atoms with Crippen LogP contribution in [0.3, 0.4) is 0 Å². The first-order chi connectivity index (χ1) is 20.6. The van der Waals surface area contributed by atoms with Gasteiger partial charge >= 0.3 is 0 Å². The number of ether oxygens (including phenoxy) is 1. The number of carbonyl (C=O) groups excluding carboxylic acids is 2.